The number of hydrogen-bond donors (Lipinski definition) is 0. The summed E-state index contributed by atoms with van der Waals surface area (Å²) in [6.07, 6.45) is 3.25. The number of amides is 1. The van der Waals surface area contributed by atoms with E-state index in [0.717, 1.165) is 11.1 Å². The van der Waals surface area contributed by atoms with E-state index in [4.69, 9.17) is 13.9 Å². The van der Waals surface area contributed by atoms with Gasteiger partial charge in [-0.2, -0.15) is 0 Å². The molecule has 6 heteroatoms. The molecule has 0 aliphatic carbocycles. The number of hydrogen-bond acceptors (Lipinski definition) is 5. The molecule has 0 atom stereocenters. The van der Waals surface area contributed by atoms with Crippen LogP contribution in [0, 0.1) is 0 Å². The average molecular weight is 429 g/mol. The standard InChI is InChI=1S/C26H23NO5/c1-18-24(26(29)30-2)23(25(28)27(18)16-22-9-6-14-31-22)15-19-10-12-21(13-11-19)32-17-20-7-4-3-5-8-20/h3-15H,16-17H2,1-2H3/b23-15-. The van der Waals surface area contributed by atoms with Crippen LogP contribution in [-0.4, -0.2) is 23.9 Å². The van der Waals surface area contributed by atoms with Gasteiger partial charge in [-0.1, -0.05) is 42.5 Å². The molecule has 1 aromatic heterocycles. The van der Waals surface area contributed by atoms with Gasteiger partial charge in [-0.25, -0.2) is 4.79 Å². The van der Waals surface area contributed by atoms with E-state index in [9.17, 15) is 9.59 Å². The zero-order valence-electron chi connectivity index (χ0n) is 17.9. The highest BCUT2D eigenvalue weighted by Crippen LogP contribution is 2.33. The highest BCUT2D eigenvalue weighted by molar-refractivity contribution is 6.16. The van der Waals surface area contributed by atoms with E-state index in [1.165, 1.54) is 12.0 Å². The zero-order chi connectivity index (χ0) is 22.5. The van der Waals surface area contributed by atoms with Gasteiger partial charge in [0.15, 0.2) is 0 Å². The Kier molecular flexibility index (Phi) is 6.22. The molecular formula is C26H23NO5. The summed E-state index contributed by atoms with van der Waals surface area (Å²) in [5, 5.41) is 0. The number of carbonyl (C=O) groups excluding carboxylic acids is 2. The van der Waals surface area contributed by atoms with Gasteiger partial charge in [0.2, 0.25) is 0 Å². The Hall–Kier alpha value is -4.06. The molecule has 0 N–H and O–H groups in total. The maximum absolute atomic E-state index is 13.1. The summed E-state index contributed by atoms with van der Waals surface area (Å²) in [7, 11) is 1.30. The van der Waals surface area contributed by atoms with Crippen molar-refractivity contribution in [3.63, 3.8) is 0 Å². The summed E-state index contributed by atoms with van der Waals surface area (Å²) in [6, 6.07) is 20.8. The van der Waals surface area contributed by atoms with Crippen LogP contribution >= 0.6 is 0 Å². The fraction of sp³-hybridized carbons (Fsp3) is 0.154. The molecule has 1 amide bonds. The Labute approximate surface area is 186 Å². The predicted molar refractivity (Wildman–Crippen MR) is 119 cm³/mol. The molecule has 0 saturated carbocycles. The van der Waals surface area contributed by atoms with Crippen molar-refractivity contribution < 1.29 is 23.5 Å². The highest BCUT2D eigenvalue weighted by atomic mass is 16.5. The van der Waals surface area contributed by atoms with Crippen LogP contribution in [0.3, 0.4) is 0 Å². The number of allylic oxidation sites excluding steroid dienone is 1. The number of ether oxygens (including phenoxy) is 2. The first kappa shape index (κ1) is 21.2. The second-order valence-electron chi connectivity index (χ2n) is 7.32. The molecule has 1 aliphatic heterocycles. The SMILES string of the molecule is COC(=O)C1=C(C)N(Cc2ccco2)C(=O)/C1=C\c1ccc(OCc2ccccc2)cc1. The Balaban J connectivity index is 1.55. The molecule has 0 spiro atoms. The number of carbonyl (C=O) groups is 2. The Morgan fingerprint density at radius 3 is 2.44 bits per heavy atom. The minimum Gasteiger partial charge on any atom is -0.489 e. The van der Waals surface area contributed by atoms with Gasteiger partial charge in [0.25, 0.3) is 5.91 Å². The molecule has 0 bridgehead atoms. The maximum atomic E-state index is 13.1. The van der Waals surface area contributed by atoms with Gasteiger partial charge in [-0.15, -0.1) is 0 Å². The third-order valence-electron chi connectivity index (χ3n) is 5.23. The summed E-state index contributed by atoms with van der Waals surface area (Å²) in [4.78, 5) is 27.1. The van der Waals surface area contributed by atoms with Crippen LogP contribution in [0.5, 0.6) is 5.75 Å². The molecule has 32 heavy (non-hydrogen) atoms. The Bertz CT molecular complexity index is 1160. The molecule has 0 radical (unpaired) electrons. The highest BCUT2D eigenvalue weighted by Gasteiger charge is 2.37. The van der Waals surface area contributed by atoms with Gasteiger partial charge in [0.1, 0.15) is 18.1 Å². The summed E-state index contributed by atoms with van der Waals surface area (Å²) in [5.74, 6) is 0.520. The van der Waals surface area contributed by atoms with E-state index in [1.807, 2.05) is 54.6 Å². The summed E-state index contributed by atoms with van der Waals surface area (Å²) in [5.41, 5.74) is 2.93. The Morgan fingerprint density at radius 1 is 1.03 bits per heavy atom. The summed E-state index contributed by atoms with van der Waals surface area (Å²) < 4.78 is 16.1. The van der Waals surface area contributed by atoms with Gasteiger partial charge >= 0.3 is 5.97 Å². The number of esters is 1. The van der Waals surface area contributed by atoms with Crippen molar-refractivity contribution in [1.29, 1.82) is 0 Å². The van der Waals surface area contributed by atoms with Gasteiger partial charge in [-0.3, -0.25) is 4.79 Å². The first-order valence-corrected chi connectivity index (χ1v) is 10.2. The first-order chi connectivity index (χ1) is 15.6. The van der Waals surface area contributed by atoms with Crippen molar-refractivity contribution in [2.75, 3.05) is 7.11 Å². The quantitative estimate of drug-likeness (QED) is 0.401. The van der Waals surface area contributed by atoms with Crippen LogP contribution < -0.4 is 4.74 Å². The van der Waals surface area contributed by atoms with Crippen molar-refractivity contribution in [3.05, 3.63) is 107 Å². The van der Waals surface area contributed by atoms with E-state index in [2.05, 4.69) is 0 Å². The number of furan rings is 1. The fourth-order valence-electron chi connectivity index (χ4n) is 3.54. The van der Waals surface area contributed by atoms with Crippen LogP contribution in [0.25, 0.3) is 6.08 Å². The monoisotopic (exact) mass is 429 g/mol. The van der Waals surface area contributed by atoms with E-state index in [0.29, 0.717) is 29.4 Å². The average Bonchev–Trinajstić information content (AvgIpc) is 3.42. The normalized spacial score (nSPS) is 14.9. The molecule has 3 aromatic rings. The molecule has 1 aliphatic rings. The van der Waals surface area contributed by atoms with Gasteiger partial charge in [0.05, 0.1) is 31.1 Å². The van der Waals surface area contributed by atoms with Crippen molar-refractivity contribution >= 4 is 18.0 Å². The van der Waals surface area contributed by atoms with Crippen LogP contribution in [-0.2, 0) is 27.5 Å². The van der Waals surface area contributed by atoms with Crippen molar-refractivity contribution in [3.8, 4) is 5.75 Å². The molecule has 0 unspecified atom stereocenters. The second-order valence-corrected chi connectivity index (χ2v) is 7.32. The predicted octanol–water partition coefficient (Wildman–Crippen LogP) is 4.73. The molecule has 2 heterocycles. The van der Waals surface area contributed by atoms with Crippen LogP contribution in [0.4, 0.5) is 0 Å². The number of rotatable bonds is 7. The van der Waals surface area contributed by atoms with Crippen molar-refractivity contribution in [2.24, 2.45) is 0 Å². The number of methoxy groups -OCH3 is 1. The van der Waals surface area contributed by atoms with Crippen molar-refractivity contribution in [2.45, 2.75) is 20.1 Å². The molecule has 0 fully saturated rings. The van der Waals surface area contributed by atoms with E-state index in [1.54, 1.807) is 31.4 Å². The summed E-state index contributed by atoms with van der Waals surface area (Å²) in [6.45, 7) is 2.44. The van der Waals surface area contributed by atoms with Crippen LogP contribution in [0.2, 0.25) is 0 Å². The molecule has 2 aromatic carbocycles. The number of nitrogens with zero attached hydrogens (tertiary/aromatic N) is 1. The van der Waals surface area contributed by atoms with Gasteiger partial charge in [0, 0.05) is 5.70 Å². The van der Waals surface area contributed by atoms with Gasteiger partial charge in [-0.05, 0) is 48.4 Å². The van der Waals surface area contributed by atoms with E-state index >= 15 is 0 Å². The Morgan fingerprint density at radius 2 is 1.78 bits per heavy atom. The molecular weight excluding hydrogens is 406 g/mol. The first-order valence-electron chi connectivity index (χ1n) is 10.2. The molecule has 4 rings (SSSR count). The number of benzene rings is 2. The fourth-order valence-corrected chi connectivity index (χ4v) is 3.54. The molecule has 6 nitrogen and oxygen atoms in total. The topological polar surface area (TPSA) is 69.0 Å². The zero-order valence-corrected chi connectivity index (χ0v) is 17.9. The smallest absolute Gasteiger partial charge is 0.340 e. The minimum atomic E-state index is -0.549. The second kappa shape index (κ2) is 9.39. The lowest BCUT2D eigenvalue weighted by atomic mass is 10.0. The third kappa shape index (κ3) is 4.49. The molecule has 162 valence electrons. The van der Waals surface area contributed by atoms with Crippen LogP contribution in [0.1, 0.15) is 23.8 Å². The lowest BCUT2D eigenvalue weighted by molar-refractivity contribution is -0.136. The van der Waals surface area contributed by atoms with Gasteiger partial charge < -0.3 is 18.8 Å². The maximum Gasteiger partial charge on any atom is 0.340 e. The third-order valence-corrected chi connectivity index (χ3v) is 5.23. The van der Waals surface area contributed by atoms with Crippen LogP contribution in [0.15, 0.2) is 94.3 Å². The lowest BCUT2D eigenvalue weighted by Crippen LogP contribution is -2.24. The van der Waals surface area contributed by atoms with Crippen molar-refractivity contribution in [1.82, 2.24) is 4.90 Å². The summed E-state index contributed by atoms with van der Waals surface area (Å²) >= 11 is 0. The van der Waals surface area contributed by atoms with E-state index < -0.39 is 5.97 Å². The van der Waals surface area contributed by atoms with E-state index in [-0.39, 0.29) is 18.0 Å². The lowest BCUT2D eigenvalue weighted by Gasteiger charge is -2.16. The minimum absolute atomic E-state index is 0.238. The molecule has 0 saturated heterocycles. The largest absolute Gasteiger partial charge is 0.489 e.